The maximum absolute atomic E-state index is 13.2. The third-order valence-electron chi connectivity index (χ3n) is 5.67. The van der Waals surface area contributed by atoms with Crippen LogP contribution in [0, 0.1) is 0 Å². The van der Waals surface area contributed by atoms with Crippen molar-refractivity contribution in [2.75, 3.05) is 7.11 Å². The van der Waals surface area contributed by atoms with Gasteiger partial charge in [0.25, 0.3) is 0 Å². The molecule has 3 rings (SSSR count). The number of halogens is 4. The van der Waals surface area contributed by atoms with E-state index in [4.69, 9.17) is 16.3 Å². The Hall–Kier alpha value is -2.91. The molecular weight excluding hydrogens is 483 g/mol. The van der Waals surface area contributed by atoms with Crippen LogP contribution >= 0.6 is 11.6 Å². The van der Waals surface area contributed by atoms with Gasteiger partial charge in [0.15, 0.2) is 11.6 Å². The van der Waals surface area contributed by atoms with Crippen molar-refractivity contribution in [3.05, 3.63) is 75.2 Å². The molecule has 0 saturated carbocycles. The van der Waals surface area contributed by atoms with E-state index in [0.717, 1.165) is 10.7 Å². The molecule has 2 aromatic carbocycles. The van der Waals surface area contributed by atoms with E-state index in [1.807, 2.05) is 13.8 Å². The van der Waals surface area contributed by atoms with Gasteiger partial charge >= 0.3 is 11.9 Å². The molecule has 0 N–H and O–H groups in total. The van der Waals surface area contributed by atoms with Crippen LogP contribution in [0.15, 0.2) is 53.3 Å². The van der Waals surface area contributed by atoms with E-state index in [-0.39, 0.29) is 43.7 Å². The molecule has 1 heterocycles. The van der Waals surface area contributed by atoms with E-state index in [1.54, 1.807) is 30.3 Å². The summed E-state index contributed by atoms with van der Waals surface area (Å²) in [6.45, 7) is 3.57. The van der Waals surface area contributed by atoms with Crippen LogP contribution in [0.1, 0.15) is 37.8 Å². The van der Waals surface area contributed by atoms with E-state index < -0.39 is 23.0 Å². The smallest absolute Gasteiger partial charge is 0.377 e. The molecule has 0 fully saturated rings. The van der Waals surface area contributed by atoms with Gasteiger partial charge in [-0.1, -0.05) is 29.8 Å². The van der Waals surface area contributed by atoms with Gasteiger partial charge in [-0.05, 0) is 62.6 Å². The highest BCUT2D eigenvalue weighted by molar-refractivity contribution is 6.30. The van der Waals surface area contributed by atoms with E-state index in [0.29, 0.717) is 16.4 Å². The maximum atomic E-state index is 13.2. The molecule has 0 unspecified atom stereocenters. The normalized spacial score (nSPS) is 12.2. The molecule has 0 saturated heterocycles. The van der Waals surface area contributed by atoms with Crippen LogP contribution in [0.25, 0.3) is 11.4 Å². The number of alkyl halides is 3. The second-order valence-corrected chi connectivity index (χ2v) is 9.30. The zero-order chi connectivity index (χ0) is 25.8. The largest absolute Gasteiger partial charge is 0.416 e. The standard InChI is InChI=1S/C25H27ClF3N3O3/c1-24(2,35-3)16-31-22(18-11-13-19(26)14-12-18)30-32(23(31)34)15-20(33)9-6-8-17-7-4-5-10-21(17)25(27,28)29/h4-5,7,10-14H,6,8-9,15-16H2,1-3H3. The Labute approximate surface area is 206 Å². The molecule has 0 spiro atoms. The molecule has 188 valence electrons. The quantitative estimate of drug-likeness (QED) is 0.367. The number of hydrogen-bond donors (Lipinski definition) is 0. The molecule has 6 nitrogen and oxygen atoms in total. The number of carbonyl (C=O) groups excluding carboxylic acids is 1. The summed E-state index contributed by atoms with van der Waals surface area (Å²) >= 11 is 5.98. The Balaban J connectivity index is 1.77. The minimum atomic E-state index is -4.45. The number of aromatic nitrogens is 3. The Kier molecular flexibility index (Phi) is 8.22. The van der Waals surface area contributed by atoms with Gasteiger partial charge in [0.1, 0.15) is 6.54 Å². The van der Waals surface area contributed by atoms with Crippen molar-refractivity contribution < 1.29 is 22.7 Å². The van der Waals surface area contributed by atoms with Crippen LogP contribution in [0.4, 0.5) is 13.2 Å². The fraction of sp³-hybridized carbons (Fsp3) is 0.400. The average molecular weight is 510 g/mol. The lowest BCUT2D eigenvalue weighted by atomic mass is 10.0. The first-order valence-corrected chi connectivity index (χ1v) is 11.4. The molecule has 0 radical (unpaired) electrons. The van der Waals surface area contributed by atoms with Crippen LogP contribution in [0.2, 0.25) is 5.02 Å². The van der Waals surface area contributed by atoms with Gasteiger partial charge in [-0.25, -0.2) is 9.48 Å². The summed E-state index contributed by atoms with van der Waals surface area (Å²) in [6.07, 6.45) is -4.11. The number of carbonyl (C=O) groups is 1. The predicted octanol–water partition coefficient (Wildman–Crippen LogP) is 5.40. The minimum absolute atomic E-state index is 0.0192. The van der Waals surface area contributed by atoms with Crippen molar-refractivity contribution in [1.82, 2.24) is 14.3 Å². The van der Waals surface area contributed by atoms with Crippen molar-refractivity contribution in [3.63, 3.8) is 0 Å². The second-order valence-electron chi connectivity index (χ2n) is 8.87. The number of nitrogens with zero attached hydrogens (tertiary/aromatic N) is 3. The molecule has 1 aromatic heterocycles. The van der Waals surface area contributed by atoms with Gasteiger partial charge in [-0.15, -0.1) is 5.10 Å². The number of hydrogen-bond acceptors (Lipinski definition) is 4. The number of ether oxygens (including phenoxy) is 1. The summed E-state index contributed by atoms with van der Waals surface area (Å²) in [7, 11) is 1.54. The Bertz CT molecular complexity index is 1230. The minimum Gasteiger partial charge on any atom is -0.377 e. The van der Waals surface area contributed by atoms with Gasteiger partial charge in [0, 0.05) is 24.1 Å². The van der Waals surface area contributed by atoms with Crippen molar-refractivity contribution >= 4 is 17.4 Å². The van der Waals surface area contributed by atoms with Gasteiger partial charge in [-0.2, -0.15) is 13.2 Å². The highest BCUT2D eigenvalue weighted by Crippen LogP contribution is 2.32. The van der Waals surface area contributed by atoms with Crippen LogP contribution in [-0.2, 0) is 35.2 Å². The molecule has 0 amide bonds. The average Bonchev–Trinajstić information content (AvgIpc) is 3.08. The molecule has 0 bridgehead atoms. The first-order valence-electron chi connectivity index (χ1n) is 11.1. The highest BCUT2D eigenvalue weighted by Gasteiger charge is 2.32. The number of aryl methyl sites for hydroxylation is 1. The number of methoxy groups -OCH3 is 1. The van der Waals surface area contributed by atoms with Crippen molar-refractivity contribution in [1.29, 1.82) is 0 Å². The first kappa shape index (κ1) is 26.7. The van der Waals surface area contributed by atoms with E-state index >= 15 is 0 Å². The van der Waals surface area contributed by atoms with E-state index in [9.17, 15) is 22.8 Å². The first-order chi connectivity index (χ1) is 16.4. The zero-order valence-corrected chi connectivity index (χ0v) is 20.5. The highest BCUT2D eigenvalue weighted by atomic mass is 35.5. The lowest BCUT2D eigenvalue weighted by Gasteiger charge is -2.23. The summed E-state index contributed by atoms with van der Waals surface area (Å²) in [4.78, 5) is 25.7. The van der Waals surface area contributed by atoms with E-state index in [1.165, 1.54) is 23.8 Å². The van der Waals surface area contributed by atoms with Crippen LogP contribution in [-0.4, -0.2) is 32.8 Å². The fourth-order valence-electron chi connectivity index (χ4n) is 3.68. The number of benzene rings is 2. The summed E-state index contributed by atoms with van der Waals surface area (Å²) in [6, 6.07) is 12.1. The summed E-state index contributed by atoms with van der Waals surface area (Å²) in [5.41, 5.74) is -1.06. The van der Waals surface area contributed by atoms with Gasteiger partial charge in [-0.3, -0.25) is 9.36 Å². The Morgan fingerprint density at radius 2 is 1.74 bits per heavy atom. The van der Waals surface area contributed by atoms with Crippen molar-refractivity contribution in [3.8, 4) is 11.4 Å². The lowest BCUT2D eigenvalue weighted by Crippen LogP contribution is -2.36. The second kappa shape index (κ2) is 10.8. The van der Waals surface area contributed by atoms with Crippen molar-refractivity contribution in [2.24, 2.45) is 0 Å². The van der Waals surface area contributed by atoms with Crippen LogP contribution in [0.3, 0.4) is 0 Å². The summed E-state index contributed by atoms with van der Waals surface area (Å²) in [5, 5.41) is 4.91. The third kappa shape index (κ3) is 6.82. The topological polar surface area (TPSA) is 66.1 Å². The summed E-state index contributed by atoms with van der Waals surface area (Å²) < 4.78 is 47.5. The predicted molar refractivity (Wildman–Crippen MR) is 127 cm³/mol. The monoisotopic (exact) mass is 509 g/mol. The molecule has 35 heavy (non-hydrogen) atoms. The number of ketones is 1. The molecule has 10 heteroatoms. The van der Waals surface area contributed by atoms with E-state index in [2.05, 4.69) is 5.10 Å². The van der Waals surface area contributed by atoms with Crippen LogP contribution < -0.4 is 5.69 Å². The SMILES string of the molecule is COC(C)(C)Cn1c(-c2ccc(Cl)cc2)nn(CC(=O)CCCc2ccccc2C(F)(F)F)c1=O. The molecule has 0 aliphatic rings. The Morgan fingerprint density at radius 3 is 2.37 bits per heavy atom. The zero-order valence-electron chi connectivity index (χ0n) is 19.7. The number of rotatable bonds is 10. The maximum Gasteiger partial charge on any atom is 0.416 e. The Morgan fingerprint density at radius 1 is 1.09 bits per heavy atom. The van der Waals surface area contributed by atoms with Crippen LogP contribution in [0.5, 0.6) is 0 Å². The molecule has 0 atom stereocenters. The van der Waals surface area contributed by atoms with Gasteiger partial charge in [0.2, 0.25) is 0 Å². The number of Topliss-reactive ketones (excluding diaryl/α,β-unsaturated/α-hetero) is 1. The van der Waals surface area contributed by atoms with Gasteiger partial charge in [0.05, 0.1) is 17.7 Å². The molecule has 3 aromatic rings. The summed E-state index contributed by atoms with van der Waals surface area (Å²) in [5.74, 6) is 0.0681. The molecule has 0 aliphatic heterocycles. The molecule has 0 aliphatic carbocycles. The fourth-order valence-corrected chi connectivity index (χ4v) is 3.81. The molecular formula is C25H27ClF3N3O3. The van der Waals surface area contributed by atoms with Gasteiger partial charge < -0.3 is 4.74 Å². The van der Waals surface area contributed by atoms with Crippen molar-refractivity contribution in [2.45, 2.75) is 58.0 Å². The lowest BCUT2D eigenvalue weighted by molar-refractivity contribution is -0.138. The third-order valence-corrected chi connectivity index (χ3v) is 5.92.